The number of aromatic nitrogens is 3. The zero-order chi connectivity index (χ0) is 16.4. The molecule has 0 saturated carbocycles. The minimum atomic E-state index is -0.385. The summed E-state index contributed by atoms with van der Waals surface area (Å²) in [5, 5.41) is 8.92. The molecule has 0 atom stereocenters. The molecule has 7 heteroatoms. The highest BCUT2D eigenvalue weighted by molar-refractivity contribution is 5.99. The standard InChI is InChI=1S/C17H13N5O2/c23-17(20-16-9-10-24-21-16)19-12-5-7-13(8-6-12)22-11-18-14-3-1-2-4-15(14)22/h1-11H,(H2,19,20,21,23). The first-order valence-electron chi connectivity index (χ1n) is 7.30. The molecule has 2 N–H and O–H groups in total. The third-order valence-electron chi connectivity index (χ3n) is 3.54. The van der Waals surface area contributed by atoms with Gasteiger partial charge in [-0.05, 0) is 36.4 Å². The molecule has 4 rings (SSSR count). The molecule has 0 aliphatic heterocycles. The fourth-order valence-electron chi connectivity index (χ4n) is 2.43. The summed E-state index contributed by atoms with van der Waals surface area (Å²) in [6.45, 7) is 0. The number of benzene rings is 2. The van der Waals surface area contributed by atoms with Gasteiger partial charge in [0.2, 0.25) is 0 Å². The summed E-state index contributed by atoms with van der Waals surface area (Å²) in [5.41, 5.74) is 3.60. The van der Waals surface area contributed by atoms with Gasteiger partial charge in [0.25, 0.3) is 0 Å². The van der Waals surface area contributed by atoms with E-state index in [4.69, 9.17) is 0 Å². The minimum absolute atomic E-state index is 0.356. The number of rotatable bonds is 3. The monoisotopic (exact) mass is 319 g/mol. The highest BCUT2D eigenvalue weighted by Crippen LogP contribution is 2.19. The van der Waals surface area contributed by atoms with E-state index in [-0.39, 0.29) is 6.03 Å². The zero-order valence-corrected chi connectivity index (χ0v) is 12.5. The summed E-state index contributed by atoms with van der Waals surface area (Å²) in [7, 11) is 0. The Morgan fingerprint density at radius 2 is 1.83 bits per heavy atom. The van der Waals surface area contributed by atoms with Gasteiger partial charge in [-0.2, -0.15) is 0 Å². The molecule has 2 heterocycles. The second kappa shape index (κ2) is 5.88. The summed E-state index contributed by atoms with van der Waals surface area (Å²) in [6.07, 6.45) is 3.17. The number of nitrogens with zero attached hydrogens (tertiary/aromatic N) is 3. The predicted molar refractivity (Wildman–Crippen MR) is 90.2 cm³/mol. The Labute approximate surface area is 136 Å². The fourth-order valence-corrected chi connectivity index (χ4v) is 2.43. The lowest BCUT2D eigenvalue weighted by Gasteiger charge is -2.08. The number of amides is 2. The maximum absolute atomic E-state index is 11.8. The number of fused-ring (bicyclic) bond motifs is 1. The molecule has 2 amide bonds. The van der Waals surface area contributed by atoms with Gasteiger partial charge < -0.3 is 9.84 Å². The smallest absolute Gasteiger partial charge is 0.324 e. The number of carbonyl (C=O) groups excluding carboxylic acids is 1. The van der Waals surface area contributed by atoms with Gasteiger partial charge in [-0.15, -0.1) is 0 Å². The molecular weight excluding hydrogens is 306 g/mol. The van der Waals surface area contributed by atoms with E-state index in [0.29, 0.717) is 11.5 Å². The van der Waals surface area contributed by atoms with Crippen LogP contribution in [0.15, 0.2) is 71.7 Å². The van der Waals surface area contributed by atoms with Crippen LogP contribution in [0.25, 0.3) is 16.7 Å². The fraction of sp³-hybridized carbons (Fsp3) is 0. The van der Waals surface area contributed by atoms with E-state index in [1.807, 2.05) is 53.1 Å². The Morgan fingerprint density at radius 3 is 2.62 bits per heavy atom. The van der Waals surface area contributed by atoms with Crippen molar-refractivity contribution in [2.75, 3.05) is 10.6 Å². The topological polar surface area (TPSA) is 85.0 Å². The van der Waals surface area contributed by atoms with Gasteiger partial charge in [0.05, 0.1) is 11.0 Å². The molecule has 0 saturated heterocycles. The van der Waals surface area contributed by atoms with Crippen LogP contribution in [0, 0.1) is 0 Å². The van der Waals surface area contributed by atoms with E-state index in [1.54, 1.807) is 12.4 Å². The Morgan fingerprint density at radius 1 is 1.00 bits per heavy atom. The lowest BCUT2D eigenvalue weighted by molar-refractivity contribution is 0.262. The Balaban J connectivity index is 1.51. The third-order valence-corrected chi connectivity index (χ3v) is 3.54. The van der Waals surface area contributed by atoms with Crippen molar-refractivity contribution in [2.24, 2.45) is 0 Å². The van der Waals surface area contributed by atoms with Crippen molar-refractivity contribution >= 4 is 28.6 Å². The van der Waals surface area contributed by atoms with E-state index in [0.717, 1.165) is 16.7 Å². The summed E-state index contributed by atoms with van der Waals surface area (Å²) >= 11 is 0. The van der Waals surface area contributed by atoms with Gasteiger partial charge in [0.1, 0.15) is 12.6 Å². The van der Waals surface area contributed by atoms with Crippen molar-refractivity contribution in [1.82, 2.24) is 14.7 Å². The summed E-state index contributed by atoms with van der Waals surface area (Å²) < 4.78 is 6.65. The number of urea groups is 1. The first kappa shape index (κ1) is 14.0. The first-order chi connectivity index (χ1) is 11.8. The largest absolute Gasteiger partial charge is 0.363 e. The molecule has 0 bridgehead atoms. The number of imidazole rings is 1. The van der Waals surface area contributed by atoms with Gasteiger partial charge in [-0.25, -0.2) is 9.78 Å². The van der Waals surface area contributed by atoms with Crippen molar-refractivity contribution < 1.29 is 9.32 Å². The van der Waals surface area contributed by atoms with Crippen LogP contribution in [0.2, 0.25) is 0 Å². The lowest BCUT2D eigenvalue weighted by Crippen LogP contribution is -2.19. The lowest BCUT2D eigenvalue weighted by atomic mass is 10.2. The van der Waals surface area contributed by atoms with Gasteiger partial charge >= 0.3 is 6.03 Å². The number of carbonyl (C=O) groups is 1. The van der Waals surface area contributed by atoms with E-state index < -0.39 is 0 Å². The van der Waals surface area contributed by atoms with Crippen molar-refractivity contribution in [3.63, 3.8) is 0 Å². The number of anilines is 2. The van der Waals surface area contributed by atoms with Gasteiger partial charge in [0.15, 0.2) is 5.82 Å². The van der Waals surface area contributed by atoms with E-state index in [2.05, 4.69) is 25.3 Å². The van der Waals surface area contributed by atoms with Crippen LogP contribution in [0.4, 0.5) is 16.3 Å². The minimum Gasteiger partial charge on any atom is -0.363 e. The molecule has 24 heavy (non-hydrogen) atoms. The molecule has 0 unspecified atom stereocenters. The summed E-state index contributed by atoms with van der Waals surface area (Å²) in [4.78, 5) is 16.2. The number of para-hydroxylation sites is 2. The van der Waals surface area contributed by atoms with E-state index in [1.165, 1.54) is 6.26 Å². The van der Waals surface area contributed by atoms with Gasteiger partial charge in [-0.1, -0.05) is 17.3 Å². The molecule has 2 aromatic heterocycles. The average Bonchev–Trinajstić information content (AvgIpc) is 3.25. The van der Waals surface area contributed by atoms with Crippen LogP contribution in [0.5, 0.6) is 0 Å². The Hall–Kier alpha value is -3.61. The molecule has 7 nitrogen and oxygen atoms in total. The van der Waals surface area contributed by atoms with Crippen molar-refractivity contribution in [3.05, 3.63) is 67.2 Å². The summed E-state index contributed by atoms with van der Waals surface area (Å²) in [5.74, 6) is 0.356. The van der Waals surface area contributed by atoms with Crippen LogP contribution >= 0.6 is 0 Å². The molecule has 0 spiro atoms. The molecule has 2 aromatic carbocycles. The van der Waals surface area contributed by atoms with Gasteiger partial charge in [-0.3, -0.25) is 9.88 Å². The van der Waals surface area contributed by atoms with Crippen LogP contribution in [0.1, 0.15) is 0 Å². The second-order valence-corrected chi connectivity index (χ2v) is 5.11. The molecule has 0 aliphatic carbocycles. The maximum Gasteiger partial charge on any atom is 0.324 e. The first-order valence-corrected chi connectivity index (χ1v) is 7.30. The number of nitrogens with one attached hydrogen (secondary N) is 2. The van der Waals surface area contributed by atoms with Crippen molar-refractivity contribution in [3.8, 4) is 5.69 Å². The number of hydrogen-bond acceptors (Lipinski definition) is 4. The molecular formula is C17H13N5O2. The Kier molecular flexibility index (Phi) is 3.43. The average molecular weight is 319 g/mol. The van der Waals surface area contributed by atoms with Crippen molar-refractivity contribution in [2.45, 2.75) is 0 Å². The van der Waals surface area contributed by atoms with Crippen LogP contribution < -0.4 is 10.6 Å². The molecule has 0 fully saturated rings. The predicted octanol–water partition coefficient (Wildman–Crippen LogP) is 3.66. The molecule has 118 valence electrons. The third kappa shape index (κ3) is 2.70. The highest BCUT2D eigenvalue weighted by Gasteiger charge is 2.06. The quantitative estimate of drug-likeness (QED) is 0.603. The van der Waals surface area contributed by atoms with Crippen LogP contribution in [0.3, 0.4) is 0 Å². The van der Waals surface area contributed by atoms with Crippen molar-refractivity contribution in [1.29, 1.82) is 0 Å². The summed E-state index contributed by atoms with van der Waals surface area (Å²) in [6, 6.07) is 16.6. The number of hydrogen-bond donors (Lipinski definition) is 2. The SMILES string of the molecule is O=C(Nc1ccc(-n2cnc3ccccc32)cc1)Nc1ccon1. The maximum atomic E-state index is 11.8. The zero-order valence-electron chi connectivity index (χ0n) is 12.5. The second-order valence-electron chi connectivity index (χ2n) is 5.11. The van der Waals surface area contributed by atoms with Crippen LogP contribution in [-0.2, 0) is 0 Å². The molecule has 4 aromatic rings. The highest BCUT2D eigenvalue weighted by atomic mass is 16.5. The molecule has 0 radical (unpaired) electrons. The van der Waals surface area contributed by atoms with Gasteiger partial charge in [0, 0.05) is 17.4 Å². The van der Waals surface area contributed by atoms with Crippen LogP contribution in [-0.4, -0.2) is 20.7 Å². The van der Waals surface area contributed by atoms with E-state index >= 15 is 0 Å². The normalized spacial score (nSPS) is 10.7. The van der Waals surface area contributed by atoms with E-state index in [9.17, 15) is 4.79 Å². The Bertz CT molecular complexity index is 974. The molecule has 0 aliphatic rings.